The van der Waals surface area contributed by atoms with Crippen LogP contribution in [0.15, 0.2) is 114 Å². The van der Waals surface area contributed by atoms with Crippen molar-refractivity contribution in [1.29, 1.82) is 0 Å². The van der Waals surface area contributed by atoms with Crippen LogP contribution in [0, 0.1) is 20.8 Å². The van der Waals surface area contributed by atoms with Crippen LogP contribution in [0.3, 0.4) is 0 Å². The molecule has 1 amide bonds. The Hall–Kier alpha value is -5.48. The Morgan fingerprint density at radius 1 is 0.830 bits per heavy atom. The number of nitrogens with one attached hydrogen (secondary N) is 1. The number of amides is 1. The van der Waals surface area contributed by atoms with Crippen LogP contribution in [0.5, 0.6) is 0 Å². The van der Waals surface area contributed by atoms with Crippen LogP contribution in [-0.2, 0) is 17.9 Å². The highest BCUT2D eigenvalue weighted by molar-refractivity contribution is 7.99. The number of para-hydroxylation sites is 1. The lowest BCUT2D eigenvalue weighted by Gasteiger charge is -2.12. The predicted octanol–water partition coefficient (Wildman–Crippen LogP) is 6.85. The molecule has 0 aliphatic carbocycles. The summed E-state index contributed by atoms with van der Waals surface area (Å²) in [6.07, 6.45) is 1.96. The van der Waals surface area contributed by atoms with Gasteiger partial charge in [0.25, 0.3) is 0 Å². The monoisotopic (exact) mass is 638 g/mol. The Bertz CT molecular complexity index is 2200. The van der Waals surface area contributed by atoms with Crippen molar-refractivity contribution in [3.8, 4) is 22.6 Å². The van der Waals surface area contributed by atoms with Crippen LogP contribution >= 0.6 is 11.8 Å². The number of benzene rings is 4. The van der Waals surface area contributed by atoms with Crippen LogP contribution in [-0.4, -0.2) is 46.0 Å². The van der Waals surface area contributed by atoms with Gasteiger partial charge in [0, 0.05) is 23.1 Å². The second-order valence-electron chi connectivity index (χ2n) is 11.6. The number of thioether (sulfide) groups is 1. The SMILES string of the molecule is Cc1ccc(C)c(-n2c(C)nnc2SCC(=O)NCc2cccc(-n3cc(Cn4c(-c5ccccc5)cc5ccccc54)nn3)c2)c1. The van der Waals surface area contributed by atoms with Gasteiger partial charge in [-0.1, -0.05) is 89.8 Å². The second-order valence-corrected chi connectivity index (χ2v) is 12.5. The fourth-order valence-electron chi connectivity index (χ4n) is 5.75. The molecule has 0 atom stereocenters. The van der Waals surface area contributed by atoms with Gasteiger partial charge in [-0.3, -0.25) is 9.36 Å². The molecular formula is C37H34N8OS. The van der Waals surface area contributed by atoms with E-state index in [9.17, 15) is 4.79 Å². The van der Waals surface area contributed by atoms with E-state index >= 15 is 0 Å². The number of hydrogen-bond acceptors (Lipinski definition) is 6. The third-order valence-corrected chi connectivity index (χ3v) is 9.07. The van der Waals surface area contributed by atoms with Gasteiger partial charge in [-0.15, -0.1) is 15.3 Å². The number of nitrogens with zero attached hydrogens (tertiary/aromatic N) is 7. The van der Waals surface area contributed by atoms with Crippen molar-refractivity contribution in [1.82, 2.24) is 39.6 Å². The first-order valence-corrected chi connectivity index (χ1v) is 16.4. The van der Waals surface area contributed by atoms with Gasteiger partial charge in [0.1, 0.15) is 11.5 Å². The van der Waals surface area contributed by atoms with E-state index in [4.69, 9.17) is 0 Å². The summed E-state index contributed by atoms with van der Waals surface area (Å²) in [6.45, 7) is 7.03. The molecular weight excluding hydrogens is 605 g/mol. The number of aromatic nitrogens is 7. The lowest BCUT2D eigenvalue weighted by atomic mass is 10.1. The topological polar surface area (TPSA) is 95.5 Å². The summed E-state index contributed by atoms with van der Waals surface area (Å²) in [7, 11) is 0. The molecule has 7 aromatic rings. The number of rotatable bonds is 10. The maximum atomic E-state index is 12.9. The van der Waals surface area contributed by atoms with E-state index in [-0.39, 0.29) is 11.7 Å². The molecule has 3 heterocycles. The Morgan fingerprint density at radius 2 is 1.66 bits per heavy atom. The summed E-state index contributed by atoms with van der Waals surface area (Å²) in [5.41, 5.74) is 9.45. The molecule has 0 unspecified atom stereocenters. The number of fused-ring (bicyclic) bond motifs is 1. The maximum absolute atomic E-state index is 12.9. The average molecular weight is 639 g/mol. The zero-order valence-electron chi connectivity index (χ0n) is 26.5. The summed E-state index contributed by atoms with van der Waals surface area (Å²) in [4.78, 5) is 12.9. The van der Waals surface area contributed by atoms with Crippen LogP contribution in [0.1, 0.15) is 28.2 Å². The molecule has 0 bridgehead atoms. The molecule has 4 aromatic carbocycles. The molecule has 9 nitrogen and oxygen atoms in total. The molecule has 0 saturated heterocycles. The number of aryl methyl sites for hydroxylation is 3. The van der Waals surface area contributed by atoms with Gasteiger partial charge in [-0.2, -0.15) is 0 Å². The number of carbonyl (C=O) groups is 1. The Labute approximate surface area is 277 Å². The van der Waals surface area contributed by atoms with E-state index in [1.165, 1.54) is 17.1 Å². The second kappa shape index (κ2) is 13.1. The zero-order valence-corrected chi connectivity index (χ0v) is 27.3. The van der Waals surface area contributed by atoms with E-state index in [1.807, 2.05) is 48.0 Å². The molecule has 47 heavy (non-hydrogen) atoms. The molecule has 0 saturated carbocycles. The summed E-state index contributed by atoms with van der Waals surface area (Å²) in [5, 5.41) is 22.5. The molecule has 0 radical (unpaired) electrons. The minimum atomic E-state index is -0.0789. The normalized spacial score (nSPS) is 11.3. The third kappa shape index (κ3) is 6.45. The van der Waals surface area contributed by atoms with Gasteiger partial charge in [-0.05, 0) is 73.4 Å². The van der Waals surface area contributed by atoms with Crippen molar-refractivity contribution in [3.63, 3.8) is 0 Å². The van der Waals surface area contributed by atoms with Gasteiger partial charge in [-0.25, -0.2) is 4.68 Å². The van der Waals surface area contributed by atoms with Gasteiger partial charge in [0.2, 0.25) is 5.91 Å². The molecule has 0 aliphatic heterocycles. The first-order valence-electron chi connectivity index (χ1n) is 15.5. The largest absolute Gasteiger partial charge is 0.351 e. The van der Waals surface area contributed by atoms with Gasteiger partial charge < -0.3 is 9.88 Å². The van der Waals surface area contributed by atoms with Crippen molar-refractivity contribution in [3.05, 3.63) is 138 Å². The molecule has 7 rings (SSSR count). The summed E-state index contributed by atoms with van der Waals surface area (Å²) < 4.78 is 6.08. The Kier molecular flexibility index (Phi) is 8.41. The number of hydrogen-bond donors (Lipinski definition) is 1. The van der Waals surface area contributed by atoms with Crippen molar-refractivity contribution in [2.75, 3.05) is 5.75 Å². The van der Waals surface area contributed by atoms with Crippen molar-refractivity contribution in [2.45, 2.75) is 39.0 Å². The Morgan fingerprint density at radius 3 is 2.53 bits per heavy atom. The van der Waals surface area contributed by atoms with Gasteiger partial charge in [0.05, 0.1) is 29.9 Å². The highest BCUT2D eigenvalue weighted by Crippen LogP contribution is 2.29. The first-order chi connectivity index (χ1) is 22.9. The van der Waals surface area contributed by atoms with E-state index < -0.39 is 0 Å². The predicted molar refractivity (Wildman–Crippen MR) is 186 cm³/mol. The average Bonchev–Trinajstić information content (AvgIpc) is 3.82. The minimum absolute atomic E-state index is 0.0789. The highest BCUT2D eigenvalue weighted by atomic mass is 32.2. The van der Waals surface area contributed by atoms with E-state index in [2.05, 4.69) is 117 Å². The Balaban J connectivity index is 1.02. The standard InChI is InChI=1S/C37H34N8OS/c1-25-16-17-26(2)34(18-25)45-27(3)39-41-37(45)47-24-36(46)38-21-28-10-9-14-32(19-28)44-23-31(40-42-44)22-43-33-15-8-7-13-30(33)20-35(43)29-11-5-4-6-12-29/h4-20,23H,21-22,24H2,1-3H3,(H,38,46). The van der Waals surface area contributed by atoms with E-state index in [1.54, 1.807) is 4.68 Å². The summed E-state index contributed by atoms with van der Waals surface area (Å²) in [5.74, 6) is 0.937. The van der Waals surface area contributed by atoms with Gasteiger partial charge in [0.15, 0.2) is 5.16 Å². The highest BCUT2D eigenvalue weighted by Gasteiger charge is 2.16. The van der Waals surface area contributed by atoms with Crippen molar-refractivity contribution in [2.24, 2.45) is 0 Å². The van der Waals surface area contributed by atoms with Crippen molar-refractivity contribution >= 4 is 28.6 Å². The lowest BCUT2D eigenvalue weighted by molar-refractivity contribution is -0.118. The summed E-state index contributed by atoms with van der Waals surface area (Å²) >= 11 is 1.38. The van der Waals surface area contributed by atoms with Crippen LogP contribution < -0.4 is 5.32 Å². The number of carbonyl (C=O) groups excluding carboxylic acids is 1. The van der Waals surface area contributed by atoms with Crippen molar-refractivity contribution < 1.29 is 4.79 Å². The van der Waals surface area contributed by atoms with Gasteiger partial charge >= 0.3 is 0 Å². The lowest BCUT2D eigenvalue weighted by Crippen LogP contribution is -2.24. The molecule has 0 fully saturated rings. The fraction of sp³-hybridized carbons (Fsp3) is 0.162. The third-order valence-electron chi connectivity index (χ3n) is 8.14. The molecule has 234 valence electrons. The fourth-order valence-corrected chi connectivity index (χ4v) is 6.57. The van der Waals surface area contributed by atoms with E-state index in [0.717, 1.165) is 56.4 Å². The van der Waals surface area contributed by atoms with Crippen LogP contribution in [0.4, 0.5) is 0 Å². The van der Waals surface area contributed by atoms with Crippen LogP contribution in [0.2, 0.25) is 0 Å². The quantitative estimate of drug-likeness (QED) is 0.165. The zero-order chi connectivity index (χ0) is 32.3. The van der Waals surface area contributed by atoms with E-state index in [0.29, 0.717) is 18.2 Å². The minimum Gasteiger partial charge on any atom is -0.351 e. The smallest absolute Gasteiger partial charge is 0.230 e. The van der Waals surface area contributed by atoms with Crippen LogP contribution in [0.25, 0.3) is 33.5 Å². The molecule has 0 aliphatic rings. The first kappa shape index (κ1) is 30.2. The molecule has 0 spiro atoms. The molecule has 10 heteroatoms. The summed E-state index contributed by atoms with van der Waals surface area (Å²) in [6, 6.07) is 35.3. The molecule has 1 N–H and O–H groups in total. The molecule has 3 aromatic heterocycles. The maximum Gasteiger partial charge on any atom is 0.230 e.